The summed E-state index contributed by atoms with van der Waals surface area (Å²) in [4.78, 5) is 33.2. The molecule has 0 rings (SSSR count). The van der Waals surface area contributed by atoms with Crippen LogP contribution in [0.25, 0.3) is 0 Å². The van der Waals surface area contributed by atoms with Crippen LogP contribution in [-0.2, 0) is 32.1 Å². The largest absolute Gasteiger partial charge is 0.584 e. The van der Waals surface area contributed by atoms with Crippen molar-refractivity contribution in [2.24, 2.45) is 0 Å². The molecule has 0 atom stereocenters. The van der Waals surface area contributed by atoms with Crippen molar-refractivity contribution < 1.29 is 37.0 Å². The average Bonchev–Trinajstić information content (AvgIpc) is 3.15. The van der Waals surface area contributed by atoms with Crippen molar-refractivity contribution in [1.82, 2.24) is 0 Å². The summed E-state index contributed by atoms with van der Waals surface area (Å²) in [6, 6.07) is 0. The van der Waals surface area contributed by atoms with Crippen LogP contribution >= 0.6 is 21.1 Å². The van der Waals surface area contributed by atoms with Crippen LogP contribution < -0.4 is 0 Å². The Morgan fingerprint density at radius 1 is 0.407 bits per heavy atom. The monoisotopic (exact) mass is 804 g/mol. The Bertz CT molecular complexity index is 836. The molecule has 0 spiro atoms. The van der Waals surface area contributed by atoms with E-state index in [0.29, 0.717) is 37.6 Å². The van der Waals surface area contributed by atoms with Crippen LogP contribution in [0.2, 0.25) is 0 Å². The number of hydrogen-bond acceptors (Lipinski definition) is 9. The van der Waals surface area contributed by atoms with Gasteiger partial charge in [-0.25, -0.2) is 9.59 Å². The molecule has 0 aromatic rings. The van der Waals surface area contributed by atoms with E-state index in [1.807, 2.05) is 0 Å². The standard InChI is InChI=1S/C44H83O8PS/c1-41(2)43(45)48-37-33-29-25-21-17-13-9-5-7-11-15-19-23-27-31-35-39-50-53(47,52-54)51-40-36-32-28-24-20-16-12-8-6-10-14-18-22-26-30-34-38-49-44(46)42(3)4/h47H,1,3,5-40H2,2,4H3/p+1. The summed E-state index contributed by atoms with van der Waals surface area (Å²) in [5, 5.41) is 0. The van der Waals surface area contributed by atoms with Gasteiger partial charge in [-0.15, -0.1) is 0 Å². The van der Waals surface area contributed by atoms with Crippen molar-refractivity contribution in [3.8, 4) is 0 Å². The topological polar surface area (TPSA) is 101 Å². The molecule has 318 valence electrons. The maximum atomic E-state index is 11.3. The zero-order valence-electron chi connectivity index (χ0n) is 35.1. The molecule has 0 aromatic carbocycles. The molecule has 8 nitrogen and oxygen atoms in total. The highest BCUT2D eigenvalue weighted by Crippen LogP contribution is 2.59. The summed E-state index contributed by atoms with van der Waals surface area (Å²) in [5.41, 5.74) is 0.946. The Balaban J connectivity index is 3.38. The Labute approximate surface area is 339 Å². The van der Waals surface area contributed by atoms with Crippen molar-refractivity contribution >= 4 is 33.0 Å². The number of hydrogen-bond donors (Lipinski definition) is 2. The molecule has 0 aromatic heterocycles. The quantitative estimate of drug-likeness (QED) is 0.0157. The Kier molecular flexibility index (Phi) is 39.5. The zero-order chi connectivity index (χ0) is 39.8. The lowest BCUT2D eigenvalue weighted by Crippen LogP contribution is -2.05. The van der Waals surface area contributed by atoms with E-state index in [2.05, 4.69) is 26.1 Å². The molecule has 0 aliphatic carbocycles. The first-order chi connectivity index (χ1) is 26.2. The third-order valence-electron chi connectivity index (χ3n) is 9.85. The molecule has 0 aliphatic heterocycles. The van der Waals surface area contributed by atoms with Crippen molar-refractivity contribution in [2.75, 3.05) is 26.4 Å². The zero-order valence-corrected chi connectivity index (χ0v) is 36.9. The summed E-state index contributed by atoms with van der Waals surface area (Å²) in [6.45, 7) is 12.5. The number of unbranched alkanes of at least 4 members (excludes halogenated alkanes) is 30. The minimum absolute atomic E-state index is 0.274. The van der Waals surface area contributed by atoms with Crippen LogP contribution in [0.5, 0.6) is 0 Å². The van der Waals surface area contributed by atoms with Gasteiger partial charge in [0, 0.05) is 24.1 Å². The van der Waals surface area contributed by atoms with Crippen LogP contribution in [-0.4, -0.2) is 43.3 Å². The maximum absolute atomic E-state index is 11.3. The molecule has 10 heteroatoms. The first kappa shape index (κ1) is 53.0. The van der Waals surface area contributed by atoms with E-state index in [4.69, 9.17) is 22.5 Å². The minimum atomic E-state index is -3.32. The summed E-state index contributed by atoms with van der Waals surface area (Å²) in [5.74, 6) is -0.548. The van der Waals surface area contributed by atoms with Crippen molar-refractivity contribution in [1.29, 1.82) is 0 Å². The third-order valence-corrected chi connectivity index (χ3v) is 11.7. The number of ether oxygens (including phenoxy) is 2. The Hall–Kier alpha value is -0.960. The number of esters is 2. The van der Waals surface area contributed by atoms with Crippen LogP contribution in [0.3, 0.4) is 0 Å². The normalized spacial score (nSPS) is 11.6. The van der Waals surface area contributed by atoms with E-state index in [1.54, 1.807) is 13.8 Å². The molecular weight excluding hydrogens is 720 g/mol. The molecule has 0 bridgehead atoms. The van der Waals surface area contributed by atoms with Gasteiger partial charge in [0.25, 0.3) is 0 Å². The van der Waals surface area contributed by atoms with Gasteiger partial charge in [0.15, 0.2) is 0 Å². The molecule has 0 radical (unpaired) electrons. The van der Waals surface area contributed by atoms with Crippen molar-refractivity contribution in [3.05, 3.63) is 24.3 Å². The van der Waals surface area contributed by atoms with Crippen LogP contribution in [0.1, 0.15) is 219 Å². The first-order valence-corrected chi connectivity index (χ1v) is 24.0. The number of rotatable bonds is 43. The van der Waals surface area contributed by atoms with Crippen LogP contribution in [0.15, 0.2) is 24.3 Å². The fraction of sp³-hybridized carbons (Fsp3) is 0.864. The predicted molar refractivity (Wildman–Crippen MR) is 230 cm³/mol. The molecule has 0 aliphatic rings. The van der Waals surface area contributed by atoms with E-state index in [0.717, 1.165) is 51.4 Å². The lowest BCUT2D eigenvalue weighted by atomic mass is 10.0. The van der Waals surface area contributed by atoms with Gasteiger partial charge >= 0.3 is 20.1 Å². The molecule has 0 fully saturated rings. The number of carbonyl (C=O) groups excluding carboxylic acids is 2. The smallest absolute Gasteiger partial charge is 0.462 e. The summed E-state index contributed by atoms with van der Waals surface area (Å²) in [7, 11) is -3.32. The van der Waals surface area contributed by atoms with Crippen molar-refractivity contribution in [2.45, 2.75) is 219 Å². The van der Waals surface area contributed by atoms with E-state index in [-0.39, 0.29) is 11.9 Å². The molecule has 0 heterocycles. The van der Waals surface area contributed by atoms with Gasteiger partial charge in [-0.3, -0.25) is 0 Å². The first-order valence-electron chi connectivity index (χ1n) is 22.1. The predicted octanol–water partition coefficient (Wildman–Crippen LogP) is 14.3. The number of thiol groups is 1. The van der Waals surface area contributed by atoms with Gasteiger partial charge in [0.1, 0.15) is 13.2 Å². The van der Waals surface area contributed by atoms with E-state index < -0.39 is 8.17 Å². The maximum Gasteiger partial charge on any atom is 0.584 e. The minimum Gasteiger partial charge on any atom is -0.462 e. The fourth-order valence-electron chi connectivity index (χ4n) is 6.38. The summed E-state index contributed by atoms with van der Waals surface area (Å²) >= 11 is 3.82. The van der Waals surface area contributed by atoms with Gasteiger partial charge in [-0.1, -0.05) is 197 Å². The lowest BCUT2D eigenvalue weighted by molar-refractivity contribution is -0.139. The van der Waals surface area contributed by atoms with Crippen molar-refractivity contribution in [3.63, 3.8) is 0 Å². The molecule has 0 saturated heterocycles. The SMILES string of the molecule is C=C(C)C(=O)OCCCCCCCCCCCCCCCCCCO[P+](O)(OS)OCCCCCCCCCCCCCCCCCCOC(=O)C(=C)C. The van der Waals surface area contributed by atoms with Gasteiger partial charge in [0.2, 0.25) is 0 Å². The van der Waals surface area contributed by atoms with E-state index in [1.165, 1.54) is 154 Å². The van der Waals surface area contributed by atoms with Gasteiger partial charge in [0.05, 0.1) is 13.2 Å². The van der Waals surface area contributed by atoms with E-state index >= 15 is 0 Å². The lowest BCUT2D eigenvalue weighted by Gasteiger charge is -2.12. The fourth-order valence-corrected chi connectivity index (χ4v) is 7.55. The molecule has 54 heavy (non-hydrogen) atoms. The second-order valence-corrected chi connectivity index (χ2v) is 17.5. The molecule has 0 saturated carbocycles. The van der Waals surface area contributed by atoms with E-state index in [9.17, 15) is 14.5 Å². The Morgan fingerprint density at radius 2 is 0.593 bits per heavy atom. The highest BCUT2D eigenvalue weighted by Gasteiger charge is 2.44. The summed E-state index contributed by atoms with van der Waals surface area (Å²) in [6.07, 6.45) is 39.3. The second-order valence-electron chi connectivity index (χ2n) is 15.4. The second kappa shape index (κ2) is 40.2. The average molecular weight is 804 g/mol. The van der Waals surface area contributed by atoms with Gasteiger partial charge in [-0.2, -0.15) is 13.9 Å². The molecule has 0 unspecified atom stereocenters. The number of carbonyl (C=O) groups is 2. The molecular formula is C44H84O8PS+. The van der Waals surface area contributed by atoms with Gasteiger partial charge < -0.3 is 9.47 Å². The molecule has 0 amide bonds. The van der Waals surface area contributed by atoms with Crippen LogP contribution in [0, 0.1) is 0 Å². The van der Waals surface area contributed by atoms with Gasteiger partial charge in [-0.05, 0) is 39.5 Å². The highest BCUT2D eigenvalue weighted by molar-refractivity contribution is 7.82. The third kappa shape index (κ3) is 37.9. The molecule has 1 N–H and O–H groups in total. The van der Waals surface area contributed by atoms with Crippen LogP contribution in [0.4, 0.5) is 0 Å². The summed E-state index contributed by atoms with van der Waals surface area (Å²) < 4.78 is 26.3. The Morgan fingerprint density at radius 3 is 0.778 bits per heavy atom. The highest BCUT2D eigenvalue weighted by atomic mass is 32.1.